The minimum atomic E-state index is 0.549. The Bertz CT molecular complexity index is 1410. The second-order valence-electron chi connectivity index (χ2n) is 8.38. The van der Waals surface area contributed by atoms with Crippen LogP contribution in [-0.4, -0.2) is 30.1 Å². The van der Waals surface area contributed by atoms with Crippen LogP contribution in [0.5, 0.6) is 0 Å². The fourth-order valence-corrected chi connectivity index (χ4v) is 4.54. The van der Waals surface area contributed by atoms with Gasteiger partial charge in [-0.1, -0.05) is 19.4 Å². The van der Waals surface area contributed by atoms with Gasteiger partial charge in [0, 0.05) is 23.7 Å². The Morgan fingerprint density at radius 3 is 2.84 bits per heavy atom. The molecule has 0 amide bonds. The minimum Gasteiger partial charge on any atom is -0.358 e. The smallest absolute Gasteiger partial charge is 0.135 e. The van der Waals surface area contributed by atoms with Crippen LogP contribution in [0.3, 0.4) is 0 Å². The molecule has 5 aromatic rings. The average molecular weight is 422 g/mol. The maximum absolute atomic E-state index is 4.93. The van der Waals surface area contributed by atoms with Gasteiger partial charge in [-0.05, 0) is 55.2 Å². The summed E-state index contributed by atoms with van der Waals surface area (Å²) in [4.78, 5) is 17.2. The van der Waals surface area contributed by atoms with E-state index in [2.05, 4.69) is 43.1 Å². The fraction of sp³-hybridized carbons (Fsp3) is 0.200. The molecule has 6 rings (SSSR count). The quantitative estimate of drug-likeness (QED) is 0.339. The van der Waals surface area contributed by atoms with Gasteiger partial charge in [-0.2, -0.15) is 5.10 Å². The second kappa shape index (κ2) is 7.60. The number of hydrogen-bond acceptors (Lipinski definition) is 5. The van der Waals surface area contributed by atoms with Crippen molar-refractivity contribution in [2.75, 3.05) is 5.32 Å². The third-order valence-corrected chi connectivity index (χ3v) is 6.24. The van der Waals surface area contributed by atoms with Crippen LogP contribution in [-0.2, 0) is 0 Å². The van der Waals surface area contributed by atoms with Gasteiger partial charge in [0.2, 0.25) is 0 Å². The molecule has 7 heteroatoms. The molecule has 7 nitrogen and oxygen atoms in total. The summed E-state index contributed by atoms with van der Waals surface area (Å²) < 4.78 is 0. The van der Waals surface area contributed by atoms with Crippen LogP contribution in [0.25, 0.3) is 44.7 Å². The molecule has 1 fully saturated rings. The Labute approximate surface area is 185 Å². The van der Waals surface area contributed by atoms with Crippen molar-refractivity contribution in [3.05, 3.63) is 67.3 Å². The summed E-state index contributed by atoms with van der Waals surface area (Å²) in [5.41, 5.74) is 9.03. The first-order valence-corrected chi connectivity index (χ1v) is 10.9. The van der Waals surface area contributed by atoms with E-state index in [0.29, 0.717) is 5.92 Å². The summed E-state index contributed by atoms with van der Waals surface area (Å²) in [6.07, 6.45) is 10.5. The van der Waals surface area contributed by atoms with Crippen LogP contribution >= 0.6 is 0 Å². The zero-order valence-electron chi connectivity index (χ0n) is 17.6. The molecular formula is C25H23N7. The lowest BCUT2D eigenvalue weighted by Gasteiger charge is -2.15. The van der Waals surface area contributed by atoms with E-state index in [4.69, 9.17) is 4.98 Å². The molecule has 1 aliphatic carbocycles. The summed E-state index contributed by atoms with van der Waals surface area (Å²) in [6.45, 7) is 4.26. The zero-order chi connectivity index (χ0) is 21.5. The lowest BCUT2D eigenvalue weighted by molar-refractivity contribution is 0.649. The first-order valence-electron chi connectivity index (χ1n) is 10.9. The Hall–Kier alpha value is -4.00. The van der Waals surface area contributed by atoms with Gasteiger partial charge in [0.15, 0.2) is 0 Å². The molecular weight excluding hydrogens is 398 g/mol. The number of nitrogens with one attached hydrogen (secondary N) is 3. The predicted molar refractivity (Wildman–Crippen MR) is 127 cm³/mol. The van der Waals surface area contributed by atoms with Crippen LogP contribution in [0.4, 0.5) is 5.69 Å². The number of aromatic amines is 2. The number of rotatable bonds is 5. The van der Waals surface area contributed by atoms with Crippen molar-refractivity contribution >= 4 is 27.8 Å². The largest absolute Gasteiger partial charge is 0.358 e. The number of aromatic nitrogens is 6. The van der Waals surface area contributed by atoms with Crippen molar-refractivity contribution in [2.45, 2.75) is 25.7 Å². The standard InChI is InChI=1S/C25H23N7/c1-15(16-5-2-3-6-16)28-18-11-17(13-26-14-18)19-8-9-21-24(30-19)25(32-31-21)23-12-22-20(29-23)7-4-10-27-22/h4,7-14,16,28-29H,1-3,5-6H2,(H,31,32). The topological polar surface area (TPSA) is 95.2 Å². The lowest BCUT2D eigenvalue weighted by atomic mass is 10.0. The number of anilines is 1. The molecule has 0 saturated heterocycles. The minimum absolute atomic E-state index is 0.549. The monoisotopic (exact) mass is 421 g/mol. The van der Waals surface area contributed by atoms with Crippen LogP contribution < -0.4 is 5.32 Å². The average Bonchev–Trinajstić information content (AvgIpc) is 3.58. The van der Waals surface area contributed by atoms with E-state index in [1.807, 2.05) is 42.7 Å². The molecule has 1 saturated carbocycles. The summed E-state index contributed by atoms with van der Waals surface area (Å²) in [7, 11) is 0. The maximum Gasteiger partial charge on any atom is 0.135 e. The molecule has 0 bridgehead atoms. The van der Waals surface area contributed by atoms with Gasteiger partial charge in [-0.3, -0.25) is 15.1 Å². The summed E-state index contributed by atoms with van der Waals surface area (Å²) in [5.74, 6) is 0.549. The van der Waals surface area contributed by atoms with Gasteiger partial charge in [0.1, 0.15) is 11.2 Å². The highest BCUT2D eigenvalue weighted by atomic mass is 15.1. The third kappa shape index (κ3) is 3.32. The van der Waals surface area contributed by atoms with E-state index in [0.717, 1.165) is 56.1 Å². The summed E-state index contributed by atoms with van der Waals surface area (Å²) in [6, 6.07) is 12.0. The van der Waals surface area contributed by atoms with Crippen LogP contribution in [0.15, 0.2) is 67.3 Å². The van der Waals surface area contributed by atoms with Gasteiger partial charge >= 0.3 is 0 Å². The first kappa shape index (κ1) is 18.7. The molecule has 0 aliphatic heterocycles. The van der Waals surface area contributed by atoms with Crippen LogP contribution in [0.1, 0.15) is 25.7 Å². The van der Waals surface area contributed by atoms with Crippen molar-refractivity contribution in [1.82, 2.24) is 30.1 Å². The number of nitrogens with zero attached hydrogens (tertiary/aromatic N) is 4. The van der Waals surface area contributed by atoms with Crippen molar-refractivity contribution < 1.29 is 0 Å². The van der Waals surface area contributed by atoms with Crippen molar-refractivity contribution in [3.63, 3.8) is 0 Å². The highest BCUT2D eigenvalue weighted by molar-refractivity contribution is 5.93. The second-order valence-corrected chi connectivity index (χ2v) is 8.38. The van der Waals surface area contributed by atoms with Crippen molar-refractivity contribution in [2.24, 2.45) is 5.92 Å². The molecule has 0 unspecified atom stereocenters. The van der Waals surface area contributed by atoms with Gasteiger partial charge in [-0.25, -0.2) is 4.98 Å². The van der Waals surface area contributed by atoms with E-state index in [1.54, 1.807) is 6.20 Å². The molecule has 158 valence electrons. The molecule has 3 N–H and O–H groups in total. The van der Waals surface area contributed by atoms with E-state index in [1.165, 1.54) is 25.7 Å². The van der Waals surface area contributed by atoms with E-state index in [9.17, 15) is 0 Å². The van der Waals surface area contributed by atoms with E-state index < -0.39 is 0 Å². The number of pyridine rings is 3. The Morgan fingerprint density at radius 1 is 1.06 bits per heavy atom. The third-order valence-electron chi connectivity index (χ3n) is 6.24. The van der Waals surface area contributed by atoms with Crippen LogP contribution in [0.2, 0.25) is 0 Å². The summed E-state index contributed by atoms with van der Waals surface area (Å²) in [5, 5.41) is 11.1. The fourth-order valence-electron chi connectivity index (χ4n) is 4.54. The zero-order valence-corrected chi connectivity index (χ0v) is 17.6. The van der Waals surface area contributed by atoms with Crippen LogP contribution in [0, 0.1) is 5.92 Å². The first-order chi connectivity index (χ1) is 15.7. The lowest BCUT2D eigenvalue weighted by Crippen LogP contribution is -2.07. The molecule has 0 spiro atoms. The van der Waals surface area contributed by atoms with Crippen molar-refractivity contribution in [3.8, 4) is 22.6 Å². The Balaban J connectivity index is 1.35. The van der Waals surface area contributed by atoms with Gasteiger partial charge in [0.05, 0.1) is 39.8 Å². The van der Waals surface area contributed by atoms with Crippen molar-refractivity contribution in [1.29, 1.82) is 0 Å². The normalized spacial score (nSPS) is 14.4. The molecule has 5 aromatic heterocycles. The molecule has 0 aromatic carbocycles. The predicted octanol–water partition coefficient (Wildman–Crippen LogP) is 5.68. The Kier molecular flexibility index (Phi) is 4.45. The highest BCUT2D eigenvalue weighted by Crippen LogP contribution is 2.32. The maximum atomic E-state index is 4.93. The molecule has 1 aliphatic rings. The SMILES string of the molecule is C=C(Nc1cncc(-c2ccc3[nH]nc(-c4cc5ncccc5[nH]4)c3n2)c1)C1CCCC1. The number of H-pyrrole nitrogens is 2. The Morgan fingerprint density at radius 2 is 1.97 bits per heavy atom. The van der Waals surface area contributed by atoms with E-state index >= 15 is 0 Å². The number of fused-ring (bicyclic) bond motifs is 2. The number of allylic oxidation sites excluding steroid dienone is 1. The highest BCUT2D eigenvalue weighted by Gasteiger charge is 2.18. The summed E-state index contributed by atoms with van der Waals surface area (Å²) >= 11 is 0. The molecule has 0 radical (unpaired) electrons. The van der Waals surface area contributed by atoms with E-state index in [-0.39, 0.29) is 0 Å². The molecule has 32 heavy (non-hydrogen) atoms. The van der Waals surface area contributed by atoms with Gasteiger partial charge in [0.25, 0.3) is 0 Å². The van der Waals surface area contributed by atoms with Gasteiger partial charge in [-0.15, -0.1) is 0 Å². The van der Waals surface area contributed by atoms with Gasteiger partial charge < -0.3 is 10.3 Å². The number of hydrogen-bond donors (Lipinski definition) is 3. The molecule has 5 heterocycles. The molecule has 0 atom stereocenters.